The van der Waals surface area contributed by atoms with Crippen molar-refractivity contribution in [1.82, 2.24) is 0 Å². The summed E-state index contributed by atoms with van der Waals surface area (Å²) < 4.78 is 12.8. The summed E-state index contributed by atoms with van der Waals surface area (Å²) in [5.41, 5.74) is 6.06. The third kappa shape index (κ3) is 4.53. The number of nitrogens with one attached hydrogen (secondary N) is 1. The van der Waals surface area contributed by atoms with Crippen LogP contribution in [-0.2, 0) is 4.79 Å². The molecule has 1 atom stereocenters. The Labute approximate surface area is 109 Å². The molecule has 0 aliphatic rings. The monoisotopic (exact) mass is 276 g/mol. The van der Waals surface area contributed by atoms with Crippen LogP contribution in [0.2, 0.25) is 5.02 Å². The molecule has 1 aromatic carbocycles. The summed E-state index contributed by atoms with van der Waals surface area (Å²) in [6, 6.07) is 3.21. The van der Waals surface area contributed by atoms with Crippen LogP contribution in [0.3, 0.4) is 0 Å². The summed E-state index contributed by atoms with van der Waals surface area (Å²) in [5.74, 6) is 0.0541. The highest BCUT2D eigenvalue weighted by atomic mass is 35.5. The Kier molecular flexibility index (Phi) is 5.74. The fraction of sp³-hybridized carbons (Fsp3) is 0.364. The molecule has 94 valence electrons. The fourth-order valence-electron chi connectivity index (χ4n) is 1.19. The molecule has 0 aliphatic carbocycles. The first-order valence-corrected chi connectivity index (χ1v) is 6.82. The molecular formula is C11H14ClFN2OS. The van der Waals surface area contributed by atoms with Crippen molar-refractivity contribution in [2.24, 2.45) is 5.73 Å². The molecule has 0 aromatic heterocycles. The number of amides is 1. The van der Waals surface area contributed by atoms with Crippen molar-refractivity contribution in [3.05, 3.63) is 29.0 Å². The van der Waals surface area contributed by atoms with Crippen molar-refractivity contribution in [3.8, 4) is 0 Å². The van der Waals surface area contributed by atoms with E-state index in [-0.39, 0.29) is 10.9 Å². The highest BCUT2D eigenvalue weighted by Gasteiger charge is 2.14. The zero-order chi connectivity index (χ0) is 12.8. The maximum Gasteiger partial charge on any atom is 0.241 e. The lowest BCUT2D eigenvalue weighted by Crippen LogP contribution is -2.36. The van der Waals surface area contributed by atoms with E-state index in [4.69, 9.17) is 17.3 Å². The number of rotatable bonds is 5. The Morgan fingerprint density at radius 2 is 2.35 bits per heavy atom. The van der Waals surface area contributed by atoms with E-state index in [0.717, 1.165) is 11.8 Å². The second kappa shape index (κ2) is 6.83. The Balaban J connectivity index is 2.61. The molecule has 0 saturated heterocycles. The molecule has 0 spiro atoms. The minimum atomic E-state index is -0.580. The van der Waals surface area contributed by atoms with Gasteiger partial charge in [0.25, 0.3) is 0 Å². The molecule has 3 N–H and O–H groups in total. The lowest BCUT2D eigenvalue weighted by atomic mass is 10.2. The zero-order valence-corrected chi connectivity index (χ0v) is 10.9. The maximum absolute atomic E-state index is 12.8. The van der Waals surface area contributed by atoms with Crippen LogP contribution in [0.1, 0.15) is 6.42 Å². The number of halogens is 2. The Hall–Kier alpha value is -0.780. The van der Waals surface area contributed by atoms with E-state index < -0.39 is 11.9 Å². The molecule has 1 rings (SSSR count). The molecule has 17 heavy (non-hydrogen) atoms. The summed E-state index contributed by atoms with van der Waals surface area (Å²) in [6.45, 7) is 0. The normalized spacial score (nSPS) is 12.2. The van der Waals surface area contributed by atoms with Gasteiger partial charge in [-0.1, -0.05) is 11.6 Å². The molecule has 0 bridgehead atoms. The molecule has 1 aromatic rings. The van der Waals surface area contributed by atoms with E-state index in [2.05, 4.69) is 5.32 Å². The Bertz CT molecular complexity index is 403. The number of carbonyl (C=O) groups excluding carboxylic acids is 1. The second-order valence-electron chi connectivity index (χ2n) is 3.50. The number of benzene rings is 1. The van der Waals surface area contributed by atoms with E-state index in [1.165, 1.54) is 12.1 Å². The van der Waals surface area contributed by atoms with Crippen LogP contribution in [0.25, 0.3) is 0 Å². The van der Waals surface area contributed by atoms with Crippen molar-refractivity contribution in [2.45, 2.75) is 12.5 Å². The van der Waals surface area contributed by atoms with Gasteiger partial charge in [0, 0.05) is 0 Å². The van der Waals surface area contributed by atoms with Gasteiger partial charge in [-0.3, -0.25) is 4.79 Å². The van der Waals surface area contributed by atoms with Crippen molar-refractivity contribution in [1.29, 1.82) is 0 Å². The van der Waals surface area contributed by atoms with Gasteiger partial charge in [-0.15, -0.1) is 0 Å². The summed E-state index contributed by atoms with van der Waals surface area (Å²) in [4.78, 5) is 11.7. The molecule has 6 heteroatoms. The number of anilines is 1. The minimum Gasteiger partial charge on any atom is -0.323 e. The average Bonchev–Trinajstić information content (AvgIpc) is 2.29. The first-order valence-electron chi connectivity index (χ1n) is 5.05. The third-order valence-corrected chi connectivity index (χ3v) is 3.12. The predicted octanol–water partition coefficient (Wildman–Crippen LogP) is 2.50. The first kappa shape index (κ1) is 14.3. The highest BCUT2D eigenvalue weighted by molar-refractivity contribution is 7.98. The van der Waals surface area contributed by atoms with Gasteiger partial charge in [-0.05, 0) is 36.6 Å². The van der Waals surface area contributed by atoms with E-state index in [1.54, 1.807) is 11.8 Å². The number of thioether (sulfide) groups is 1. The van der Waals surface area contributed by atoms with E-state index in [9.17, 15) is 9.18 Å². The van der Waals surface area contributed by atoms with E-state index in [0.29, 0.717) is 12.1 Å². The van der Waals surface area contributed by atoms with Gasteiger partial charge in [0.05, 0.1) is 16.8 Å². The summed E-state index contributed by atoms with van der Waals surface area (Å²) >= 11 is 7.41. The van der Waals surface area contributed by atoms with Gasteiger partial charge in [-0.25, -0.2) is 4.39 Å². The van der Waals surface area contributed by atoms with Gasteiger partial charge in [0.1, 0.15) is 5.82 Å². The van der Waals surface area contributed by atoms with Crippen LogP contribution in [0.15, 0.2) is 18.2 Å². The predicted molar refractivity (Wildman–Crippen MR) is 71.0 cm³/mol. The van der Waals surface area contributed by atoms with Gasteiger partial charge < -0.3 is 11.1 Å². The van der Waals surface area contributed by atoms with Gasteiger partial charge in [0.15, 0.2) is 0 Å². The Morgan fingerprint density at radius 3 is 2.94 bits per heavy atom. The first-order chi connectivity index (χ1) is 8.04. The van der Waals surface area contributed by atoms with Gasteiger partial charge in [0.2, 0.25) is 5.91 Å². The van der Waals surface area contributed by atoms with Gasteiger partial charge >= 0.3 is 0 Å². The largest absolute Gasteiger partial charge is 0.323 e. The second-order valence-corrected chi connectivity index (χ2v) is 4.89. The Morgan fingerprint density at radius 1 is 1.65 bits per heavy atom. The molecule has 0 unspecified atom stereocenters. The fourth-order valence-corrected chi connectivity index (χ4v) is 1.90. The van der Waals surface area contributed by atoms with Crippen LogP contribution in [0, 0.1) is 5.82 Å². The molecule has 0 radical (unpaired) electrons. The molecular weight excluding hydrogens is 263 g/mol. The summed E-state index contributed by atoms with van der Waals surface area (Å²) in [5, 5.41) is 2.74. The average molecular weight is 277 g/mol. The van der Waals surface area contributed by atoms with Crippen LogP contribution in [0.4, 0.5) is 10.1 Å². The summed E-state index contributed by atoms with van der Waals surface area (Å²) in [6.07, 6.45) is 2.53. The zero-order valence-electron chi connectivity index (χ0n) is 9.37. The number of nitrogens with two attached hydrogens (primary N) is 1. The summed E-state index contributed by atoms with van der Waals surface area (Å²) in [7, 11) is 0. The van der Waals surface area contributed by atoms with E-state index >= 15 is 0 Å². The number of hydrogen-bond donors (Lipinski definition) is 2. The van der Waals surface area contributed by atoms with Crippen molar-refractivity contribution in [3.63, 3.8) is 0 Å². The smallest absolute Gasteiger partial charge is 0.241 e. The third-order valence-electron chi connectivity index (χ3n) is 2.16. The van der Waals surface area contributed by atoms with Crippen LogP contribution in [0.5, 0.6) is 0 Å². The maximum atomic E-state index is 12.8. The van der Waals surface area contributed by atoms with Crippen molar-refractivity contribution < 1.29 is 9.18 Å². The number of hydrogen-bond acceptors (Lipinski definition) is 3. The molecule has 0 heterocycles. The van der Waals surface area contributed by atoms with Crippen LogP contribution in [-0.4, -0.2) is 24.0 Å². The minimum absolute atomic E-state index is 0.162. The van der Waals surface area contributed by atoms with Crippen molar-refractivity contribution in [2.75, 3.05) is 17.3 Å². The lowest BCUT2D eigenvalue weighted by Gasteiger charge is -2.12. The lowest BCUT2D eigenvalue weighted by molar-refractivity contribution is -0.117. The standard InChI is InChI=1S/C11H14ClFN2OS/c1-17-5-4-9(14)11(16)15-10-3-2-7(13)6-8(10)12/h2-3,6,9H,4-5,14H2,1H3,(H,15,16)/t9-/m0/s1. The van der Waals surface area contributed by atoms with Crippen LogP contribution >= 0.6 is 23.4 Å². The topological polar surface area (TPSA) is 55.1 Å². The van der Waals surface area contributed by atoms with Crippen molar-refractivity contribution >= 4 is 35.0 Å². The quantitative estimate of drug-likeness (QED) is 0.869. The molecule has 3 nitrogen and oxygen atoms in total. The highest BCUT2D eigenvalue weighted by Crippen LogP contribution is 2.22. The molecule has 0 fully saturated rings. The number of carbonyl (C=O) groups is 1. The molecule has 0 aliphatic heterocycles. The SMILES string of the molecule is CSCC[C@H](N)C(=O)Nc1ccc(F)cc1Cl. The molecule has 1 amide bonds. The molecule has 0 saturated carbocycles. The van der Waals surface area contributed by atoms with Gasteiger partial charge in [-0.2, -0.15) is 11.8 Å². The van der Waals surface area contributed by atoms with E-state index in [1.807, 2.05) is 6.26 Å². The van der Waals surface area contributed by atoms with Crippen LogP contribution < -0.4 is 11.1 Å².